The maximum absolute atomic E-state index is 12.7. The first-order chi connectivity index (χ1) is 8.84. The monoisotopic (exact) mass is 352 g/mol. The van der Waals surface area contributed by atoms with Gasteiger partial charge in [0.15, 0.2) is 5.17 Å². The lowest BCUT2D eigenvalue weighted by molar-refractivity contribution is -0.137. The Balaban J connectivity index is 2.23. The number of hydrogen-bond donors (Lipinski definition) is 1. The number of aliphatic imine (C=N–C) groups is 1. The molecule has 0 amide bonds. The molecule has 1 aromatic carbocycles. The third kappa shape index (κ3) is 4.14. The van der Waals surface area contributed by atoms with Crippen LogP contribution in [-0.4, -0.2) is 17.0 Å². The van der Waals surface area contributed by atoms with Gasteiger partial charge in [-0.1, -0.05) is 27.7 Å². The van der Waals surface area contributed by atoms with Gasteiger partial charge in [-0.05, 0) is 31.5 Å². The van der Waals surface area contributed by atoms with Crippen molar-refractivity contribution in [2.24, 2.45) is 4.99 Å². The lowest BCUT2D eigenvalue weighted by Gasteiger charge is -2.18. The van der Waals surface area contributed by atoms with Crippen molar-refractivity contribution in [2.75, 3.05) is 11.1 Å². The lowest BCUT2D eigenvalue weighted by Crippen LogP contribution is -2.18. The van der Waals surface area contributed by atoms with Crippen LogP contribution in [0.1, 0.15) is 18.9 Å². The van der Waals surface area contributed by atoms with Crippen molar-refractivity contribution in [3.63, 3.8) is 0 Å². The van der Waals surface area contributed by atoms with Gasteiger partial charge in [-0.2, -0.15) is 13.2 Å². The summed E-state index contributed by atoms with van der Waals surface area (Å²) < 4.78 is 38.5. The topological polar surface area (TPSA) is 24.4 Å². The molecule has 1 unspecified atom stereocenters. The van der Waals surface area contributed by atoms with Crippen LogP contribution in [0.25, 0.3) is 0 Å². The summed E-state index contributed by atoms with van der Waals surface area (Å²) in [4.78, 5) is 4.37. The minimum Gasteiger partial charge on any atom is -0.335 e. The van der Waals surface area contributed by atoms with Crippen molar-refractivity contribution in [2.45, 2.75) is 25.6 Å². The van der Waals surface area contributed by atoms with Crippen LogP contribution in [0.3, 0.4) is 0 Å². The van der Waals surface area contributed by atoms with Crippen molar-refractivity contribution in [1.29, 1.82) is 0 Å². The van der Waals surface area contributed by atoms with Crippen LogP contribution in [0, 0.1) is 0 Å². The van der Waals surface area contributed by atoms with Crippen LogP contribution in [0.2, 0.25) is 0 Å². The van der Waals surface area contributed by atoms with Crippen molar-refractivity contribution in [3.8, 4) is 0 Å². The normalized spacial score (nSPS) is 20.1. The molecule has 0 fully saturated rings. The number of amidine groups is 1. The summed E-state index contributed by atoms with van der Waals surface area (Å²) >= 11 is 4.62. The second-order valence-electron chi connectivity index (χ2n) is 4.27. The Kier molecular flexibility index (Phi) is 4.45. The minimum atomic E-state index is -4.35. The van der Waals surface area contributed by atoms with Gasteiger partial charge in [0.25, 0.3) is 0 Å². The number of nitrogens with zero attached hydrogens (tertiary/aromatic N) is 1. The lowest BCUT2D eigenvalue weighted by atomic mass is 10.2. The molecule has 0 spiro atoms. The van der Waals surface area contributed by atoms with Crippen molar-refractivity contribution >= 4 is 38.5 Å². The van der Waals surface area contributed by atoms with E-state index in [-0.39, 0.29) is 6.04 Å². The fraction of sp³-hybridized carbons (Fsp3) is 0.417. The smallest absolute Gasteiger partial charge is 0.335 e. The standard InChI is InChI=1S/C12H12BrF3N2S/c1-7-2-3-19-11(17-7)18-10-5-8(12(14,15)16)4-9(13)6-10/h4-7H,2-3H2,1H3,(H,17,18). The molecule has 0 aliphatic carbocycles. The Morgan fingerprint density at radius 2 is 2.11 bits per heavy atom. The predicted molar refractivity (Wildman–Crippen MR) is 76.7 cm³/mol. The Labute approximate surface area is 122 Å². The number of halogens is 4. The molecule has 0 radical (unpaired) electrons. The molecular formula is C12H12BrF3N2S. The SMILES string of the molecule is CC1CCSC(Nc2cc(Br)cc(C(F)(F)F)c2)=N1. The number of anilines is 1. The second-order valence-corrected chi connectivity index (χ2v) is 6.27. The molecule has 0 aromatic heterocycles. The number of benzene rings is 1. The van der Waals surface area contributed by atoms with Gasteiger partial charge in [0.1, 0.15) is 0 Å². The second kappa shape index (κ2) is 5.75. The van der Waals surface area contributed by atoms with Gasteiger partial charge >= 0.3 is 6.18 Å². The highest BCUT2D eigenvalue weighted by atomic mass is 79.9. The molecule has 1 atom stereocenters. The van der Waals surface area contributed by atoms with E-state index in [1.807, 2.05) is 6.92 Å². The van der Waals surface area contributed by atoms with Gasteiger partial charge in [-0.15, -0.1) is 0 Å². The number of nitrogens with one attached hydrogen (secondary N) is 1. The zero-order chi connectivity index (χ0) is 14.0. The van der Waals surface area contributed by atoms with Crippen molar-refractivity contribution < 1.29 is 13.2 Å². The zero-order valence-electron chi connectivity index (χ0n) is 10.1. The molecule has 2 nitrogen and oxygen atoms in total. The Morgan fingerprint density at radius 1 is 1.37 bits per heavy atom. The average Bonchev–Trinajstić information content (AvgIpc) is 2.26. The maximum atomic E-state index is 12.7. The molecular weight excluding hydrogens is 341 g/mol. The van der Waals surface area contributed by atoms with E-state index in [9.17, 15) is 13.2 Å². The molecule has 7 heteroatoms. The molecule has 2 rings (SSSR count). The fourth-order valence-electron chi connectivity index (χ4n) is 1.65. The zero-order valence-corrected chi connectivity index (χ0v) is 12.5. The molecule has 0 bridgehead atoms. The van der Waals surface area contributed by atoms with E-state index in [4.69, 9.17) is 0 Å². The van der Waals surface area contributed by atoms with Gasteiger partial charge in [0, 0.05) is 15.9 Å². The van der Waals surface area contributed by atoms with Gasteiger partial charge in [-0.25, -0.2) is 0 Å². The van der Waals surface area contributed by atoms with Gasteiger partial charge in [0.2, 0.25) is 0 Å². The van der Waals surface area contributed by atoms with Crippen LogP contribution in [-0.2, 0) is 6.18 Å². The number of thioether (sulfide) groups is 1. The van der Waals surface area contributed by atoms with E-state index in [1.54, 1.807) is 6.07 Å². The van der Waals surface area contributed by atoms with E-state index in [0.717, 1.165) is 24.3 Å². The van der Waals surface area contributed by atoms with Crippen LogP contribution in [0.5, 0.6) is 0 Å². The summed E-state index contributed by atoms with van der Waals surface area (Å²) in [7, 11) is 0. The largest absolute Gasteiger partial charge is 0.416 e. The van der Waals surface area contributed by atoms with E-state index in [2.05, 4.69) is 26.2 Å². The van der Waals surface area contributed by atoms with E-state index < -0.39 is 11.7 Å². The van der Waals surface area contributed by atoms with Crippen LogP contribution >= 0.6 is 27.7 Å². The average molecular weight is 353 g/mol. The summed E-state index contributed by atoms with van der Waals surface area (Å²) in [5.74, 6) is 0.924. The maximum Gasteiger partial charge on any atom is 0.416 e. The first kappa shape index (κ1) is 14.7. The van der Waals surface area contributed by atoms with E-state index >= 15 is 0 Å². The van der Waals surface area contributed by atoms with Crippen molar-refractivity contribution in [3.05, 3.63) is 28.2 Å². The van der Waals surface area contributed by atoms with Crippen LogP contribution < -0.4 is 5.32 Å². The summed E-state index contributed by atoms with van der Waals surface area (Å²) in [6, 6.07) is 3.96. The quantitative estimate of drug-likeness (QED) is 0.787. The minimum absolute atomic E-state index is 0.206. The van der Waals surface area contributed by atoms with Gasteiger partial charge in [-0.3, -0.25) is 4.99 Å². The van der Waals surface area contributed by atoms with Crippen LogP contribution in [0.4, 0.5) is 18.9 Å². The summed E-state index contributed by atoms with van der Waals surface area (Å²) in [6.45, 7) is 1.99. The number of alkyl halides is 3. The first-order valence-electron chi connectivity index (χ1n) is 5.70. The Morgan fingerprint density at radius 3 is 2.74 bits per heavy atom. The van der Waals surface area contributed by atoms with E-state index in [1.165, 1.54) is 11.8 Å². The molecule has 19 heavy (non-hydrogen) atoms. The molecule has 104 valence electrons. The number of hydrogen-bond acceptors (Lipinski definition) is 3. The molecule has 1 aromatic rings. The Hall–Kier alpha value is -0.690. The molecule has 1 heterocycles. The molecule has 1 aliphatic heterocycles. The Bertz CT molecular complexity index is 502. The summed E-state index contributed by atoms with van der Waals surface area (Å²) in [5, 5.41) is 3.62. The fourth-order valence-corrected chi connectivity index (χ4v) is 3.24. The van der Waals surface area contributed by atoms with Crippen molar-refractivity contribution in [1.82, 2.24) is 0 Å². The summed E-state index contributed by atoms with van der Waals surface area (Å²) in [6.07, 6.45) is -3.36. The van der Waals surface area contributed by atoms with Crippen LogP contribution in [0.15, 0.2) is 27.7 Å². The van der Waals surface area contributed by atoms with Gasteiger partial charge < -0.3 is 5.32 Å². The van der Waals surface area contributed by atoms with Gasteiger partial charge in [0.05, 0.1) is 11.6 Å². The molecule has 0 saturated carbocycles. The molecule has 0 saturated heterocycles. The third-order valence-electron chi connectivity index (χ3n) is 2.59. The first-order valence-corrected chi connectivity index (χ1v) is 7.48. The highest BCUT2D eigenvalue weighted by Gasteiger charge is 2.31. The number of rotatable bonds is 1. The van der Waals surface area contributed by atoms with E-state index in [0.29, 0.717) is 15.3 Å². The molecule has 1 N–H and O–H groups in total. The summed E-state index contributed by atoms with van der Waals surface area (Å²) in [5.41, 5.74) is -0.291. The third-order valence-corrected chi connectivity index (χ3v) is 3.97. The highest BCUT2D eigenvalue weighted by Crippen LogP contribution is 2.33. The highest BCUT2D eigenvalue weighted by molar-refractivity contribution is 9.10. The predicted octanol–water partition coefficient (Wildman–Crippen LogP) is 4.76. The molecule has 1 aliphatic rings.